The molecule has 1 aliphatic heterocycles. The molecule has 0 radical (unpaired) electrons. The topological polar surface area (TPSA) is 59.9 Å². The zero-order valence-electron chi connectivity index (χ0n) is 10.5. The number of fused-ring (bicyclic) bond motifs is 1. The van der Waals surface area contributed by atoms with Crippen molar-refractivity contribution in [2.24, 2.45) is 5.92 Å². The number of aromatic nitrogens is 3. The van der Waals surface area contributed by atoms with E-state index in [0.29, 0.717) is 12.0 Å². The van der Waals surface area contributed by atoms with Crippen LogP contribution in [0, 0.1) is 12.8 Å². The van der Waals surface area contributed by atoms with Crippen LogP contribution in [-0.4, -0.2) is 33.6 Å². The van der Waals surface area contributed by atoms with Gasteiger partial charge in [0.2, 0.25) is 0 Å². The van der Waals surface area contributed by atoms with Gasteiger partial charge in [-0.25, -0.2) is 9.97 Å². The van der Waals surface area contributed by atoms with Crippen molar-refractivity contribution in [2.45, 2.75) is 26.3 Å². The van der Waals surface area contributed by atoms with Gasteiger partial charge in [0, 0.05) is 12.6 Å². The second kappa shape index (κ2) is 4.78. The molecule has 96 valence electrons. The van der Waals surface area contributed by atoms with Gasteiger partial charge in [-0.3, -0.25) is 0 Å². The number of hydrogen-bond donors (Lipinski definition) is 1. The number of anilines is 1. The van der Waals surface area contributed by atoms with Crippen molar-refractivity contribution in [3.63, 3.8) is 0 Å². The average Bonchev–Trinajstić information content (AvgIpc) is 2.75. The third-order valence-corrected chi connectivity index (χ3v) is 4.25. The first-order valence-electron chi connectivity index (χ1n) is 6.17. The van der Waals surface area contributed by atoms with E-state index in [9.17, 15) is 0 Å². The summed E-state index contributed by atoms with van der Waals surface area (Å²) in [5, 5.41) is 4.59. The van der Waals surface area contributed by atoms with Crippen LogP contribution in [0.1, 0.15) is 19.0 Å². The van der Waals surface area contributed by atoms with Crippen LogP contribution in [0.15, 0.2) is 6.33 Å². The molecular formula is C12H16N4OS. The van der Waals surface area contributed by atoms with Gasteiger partial charge in [0.25, 0.3) is 0 Å². The predicted molar refractivity (Wildman–Crippen MR) is 72.0 cm³/mol. The molecule has 3 rings (SSSR count). The van der Waals surface area contributed by atoms with Crippen LogP contribution in [0.3, 0.4) is 0 Å². The highest BCUT2D eigenvalue weighted by Gasteiger charge is 2.23. The van der Waals surface area contributed by atoms with Crippen LogP contribution in [0.5, 0.6) is 0 Å². The van der Waals surface area contributed by atoms with Crippen molar-refractivity contribution < 1.29 is 4.74 Å². The Balaban J connectivity index is 1.92. The first-order chi connectivity index (χ1) is 8.75. The Morgan fingerprint density at radius 2 is 2.33 bits per heavy atom. The number of rotatable bonds is 2. The van der Waals surface area contributed by atoms with Crippen molar-refractivity contribution in [3.8, 4) is 0 Å². The predicted octanol–water partition coefficient (Wildman–Crippen LogP) is 2.23. The number of hydrogen-bond acceptors (Lipinski definition) is 6. The molecule has 3 heterocycles. The van der Waals surface area contributed by atoms with Crippen molar-refractivity contribution in [1.82, 2.24) is 14.3 Å². The van der Waals surface area contributed by atoms with Crippen molar-refractivity contribution >= 4 is 27.6 Å². The van der Waals surface area contributed by atoms with E-state index in [1.807, 2.05) is 6.92 Å². The van der Waals surface area contributed by atoms with E-state index in [1.54, 1.807) is 6.33 Å². The summed E-state index contributed by atoms with van der Waals surface area (Å²) in [5.41, 5.74) is 0.998. The summed E-state index contributed by atoms with van der Waals surface area (Å²) in [6, 6.07) is 0.413. The first kappa shape index (κ1) is 11.8. The van der Waals surface area contributed by atoms with Crippen molar-refractivity contribution in [1.29, 1.82) is 0 Å². The highest BCUT2D eigenvalue weighted by molar-refractivity contribution is 7.13. The molecule has 1 fully saturated rings. The van der Waals surface area contributed by atoms with Gasteiger partial charge in [0.15, 0.2) is 0 Å². The Morgan fingerprint density at radius 3 is 3.17 bits per heavy atom. The van der Waals surface area contributed by atoms with E-state index < -0.39 is 0 Å². The van der Waals surface area contributed by atoms with Crippen molar-refractivity contribution in [2.75, 3.05) is 18.5 Å². The average molecular weight is 264 g/mol. The van der Waals surface area contributed by atoms with Crippen LogP contribution in [-0.2, 0) is 4.74 Å². The number of nitrogens with one attached hydrogen (secondary N) is 1. The van der Waals surface area contributed by atoms with Gasteiger partial charge in [-0.1, -0.05) is 6.92 Å². The lowest BCUT2D eigenvalue weighted by atomic mass is 9.98. The molecule has 0 spiro atoms. The Morgan fingerprint density at radius 1 is 1.44 bits per heavy atom. The van der Waals surface area contributed by atoms with E-state index in [-0.39, 0.29) is 0 Å². The molecule has 1 N–H and O–H groups in total. The molecule has 2 aromatic heterocycles. The fraction of sp³-hybridized carbons (Fsp3) is 0.583. The molecule has 6 heteroatoms. The largest absolute Gasteiger partial charge is 0.381 e. The quantitative estimate of drug-likeness (QED) is 0.901. The lowest BCUT2D eigenvalue weighted by Crippen LogP contribution is -2.36. The highest BCUT2D eigenvalue weighted by Crippen LogP contribution is 2.28. The molecule has 0 bridgehead atoms. The number of aryl methyl sites for hydroxylation is 1. The van der Waals surface area contributed by atoms with Gasteiger partial charge in [-0.05, 0) is 30.8 Å². The Hall–Kier alpha value is -1.27. The minimum Gasteiger partial charge on any atom is -0.381 e. The summed E-state index contributed by atoms with van der Waals surface area (Å²) in [6.07, 6.45) is 2.62. The van der Waals surface area contributed by atoms with Gasteiger partial charge < -0.3 is 10.1 Å². The van der Waals surface area contributed by atoms with E-state index in [0.717, 1.165) is 41.4 Å². The Bertz CT molecular complexity index is 556. The maximum atomic E-state index is 5.46. The van der Waals surface area contributed by atoms with Crippen molar-refractivity contribution in [3.05, 3.63) is 12.0 Å². The molecule has 1 saturated heterocycles. The molecular weight excluding hydrogens is 248 g/mol. The lowest BCUT2D eigenvalue weighted by Gasteiger charge is -2.30. The zero-order valence-corrected chi connectivity index (χ0v) is 11.3. The fourth-order valence-corrected chi connectivity index (χ4v) is 3.05. The summed E-state index contributed by atoms with van der Waals surface area (Å²) in [4.78, 5) is 9.58. The SMILES string of the molecule is Cc1nsc2ncnc(NC3CCOCC3C)c12. The molecule has 2 atom stereocenters. The third-order valence-electron chi connectivity index (χ3n) is 3.41. The molecule has 2 aromatic rings. The van der Waals surface area contributed by atoms with E-state index in [4.69, 9.17) is 4.74 Å². The molecule has 18 heavy (non-hydrogen) atoms. The summed E-state index contributed by atoms with van der Waals surface area (Å²) < 4.78 is 9.81. The summed E-state index contributed by atoms with van der Waals surface area (Å²) in [5.74, 6) is 1.40. The smallest absolute Gasteiger partial charge is 0.149 e. The molecule has 5 nitrogen and oxygen atoms in total. The molecule has 1 aliphatic rings. The van der Waals surface area contributed by atoms with Gasteiger partial charge >= 0.3 is 0 Å². The zero-order chi connectivity index (χ0) is 12.5. The first-order valence-corrected chi connectivity index (χ1v) is 6.94. The summed E-state index contributed by atoms with van der Waals surface area (Å²) in [7, 11) is 0. The number of ether oxygens (including phenoxy) is 1. The van der Waals surface area contributed by atoms with Gasteiger partial charge in [-0.2, -0.15) is 4.37 Å². The lowest BCUT2D eigenvalue weighted by molar-refractivity contribution is 0.0537. The third kappa shape index (κ3) is 2.06. The Labute approximate surface area is 110 Å². The minimum absolute atomic E-state index is 0.413. The van der Waals surface area contributed by atoms with Crippen LogP contribution >= 0.6 is 11.5 Å². The normalized spacial score (nSPS) is 24.3. The minimum atomic E-state index is 0.413. The number of nitrogens with zero attached hydrogens (tertiary/aromatic N) is 3. The van der Waals surface area contributed by atoms with Crippen LogP contribution in [0.2, 0.25) is 0 Å². The summed E-state index contributed by atoms with van der Waals surface area (Å²) in [6.45, 7) is 5.83. The van der Waals surface area contributed by atoms with Gasteiger partial charge in [0.05, 0.1) is 17.7 Å². The molecule has 2 unspecified atom stereocenters. The van der Waals surface area contributed by atoms with E-state index in [1.165, 1.54) is 11.5 Å². The Kier molecular flexibility index (Phi) is 3.13. The monoisotopic (exact) mass is 264 g/mol. The summed E-state index contributed by atoms with van der Waals surface area (Å²) >= 11 is 1.43. The van der Waals surface area contributed by atoms with Crippen LogP contribution < -0.4 is 5.32 Å². The molecule has 0 saturated carbocycles. The second-order valence-electron chi connectivity index (χ2n) is 4.76. The van der Waals surface area contributed by atoms with Gasteiger partial charge in [-0.15, -0.1) is 0 Å². The molecule has 0 aromatic carbocycles. The van der Waals surface area contributed by atoms with Gasteiger partial charge in [0.1, 0.15) is 17.0 Å². The van der Waals surface area contributed by atoms with Crippen LogP contribution in [0.25, 0.3) is 10.2 Å². The standard InChI is InChI=1S/C12H16N4OS/c1-7-5-17-4-3-9(7)15-11-10-8(2)16-18-12(10)14-6-13-11/h6-7,9H,3-5H2,1-2H3,(H,13,14,15). The molecule has 0 amide bonds. The highest BCUT2D eigenvalue weighted by atomic mass is 32.1. The maximum absolute atomic E-state index is 5.46. The second-order valence-corrected chi connectivity index (χ2v) is 5.51. The van der Waals surface area contributed by atoms with Crippen LogP contribution in [0.4, 0.5) is 5.82 Å². The van der Waals surface area contributed by atoms with E-state index in [2.05, 4.69) is 26.6 Å². The molecule has 0 aliphatic carbocycles. The fourth-order valence-electron chi connectivity index (χ4n) is 2.30. The maximum Gasteiger partial charge on any atom is 0.149 e. The van der Waals surface area contributed by atoms with E-state index >= 15 is 0 Å².